The molecule has 22 heavy (non-hydrogen) atoms. The first-order chi connectivity index (χ1) is 10.6. The van der Waals surface area contributed by atoms with Crippen molar-refractivity contribution >= 4 is 5.82 Å². The van der Waals surface area contributed by atoms with Gasteiger partial charge in [0.1, 0.15) is 11.9 Å². The summed E-state index contributed by atoms with van der Waals surface area (Å²) in [4.78, 5) is 3.98. The number of nitrogens with zero attached hydrogens (tertiary/aromatic N) is 3. The van der Waals surface area contributed by atoms with Crippen LogP contribution in [0.4, 0.5) is 10.2 Å². The fourth-order valence-corrected chi connectivity index (χ4v) is 2.23. The van der Waals surface area contributed by atoms with Crippen molar-refractivity contribution < 1.29 is 9.13 Å². The summed E-state index contributed by atoms with van der Waals surface area (Å²) >= 11 is 0. The number of hydrogen-bond donors (Lipinski definition) is 1. The Bertz CT molecular complexity index is 774. The predicted molar refractivity (Wildman–Crippen MR) is 81.2 cm³/mol. The molecule has 0 aliphatic rings. The Balaban J connectivity index is 1.97. The molecule has 0 saturated heterocycles. The van der Waals surface area contributed by atoms with E-state index in [9.17, 15) is 4.39 Å². The first kappa shape index (κ1) is 14.1. The predicted octanol–water partition coefficient (Wildman–Crippen LogP) is 3.13. The number of halogens is 1. The van der Waals surface area contributed by atoms with Crippen LogP contribution in [0.25, 0.3) is 5.69 Å². The molecule has 2 aromatic heterocycles. The normalized spacial score (nSPS) is 12.1. The Hall–Kier alpha value is -2.89. The molecular weight excluding hydrogens is 283 g/mol. The maximum absolute atomic E-state index is 13.6. The molecule has 0 radical (unpaired) electrons. The molecule has 1 aromatic carbocycles. The smallest absolute Gasteiger partial charge is 0.166 e. The number of ether oxygens (including phenoxy) is 1. The molecule has 0 aliphatic heterocycles. The highest BCUT2D eigenvalue weighted by atomic mass is 19.1. The largest absolute Gasteiger partial charge is 0.482 e. The van der Waals surface area contributed by atoms with Gasteiger partial charge in [-0.2, -0.15) is 5.10 Å². The molecule has 0 amide bonds. The second kappa shape index (κ2) is 5.85. The van der Waals surface area contributed by atoms with E-state index in [1.807, 2.05) is 6.92 Å². The fraction of sp³-hybridized carbons (Fsp3) is 0.125. The van der Waals surface area contributed by atoms with E-state index in [-0.39, 0.29) is 5.82 Å². The van der Waals surface area contributed by atoms with Crippen LogP contribution in [0.2, 0.25) is 0 Å². The second-order valence-electron chi connectivity index (χ2n) is 4.80. The van der Waals surface area contributed by atoms with Crippen LogP contribution < -0.4 is 10.5 Å². The highest BCUT2D eigenvalue weighted by Crippen LogP contribution is 2.29. The topological polar surface area (TPSA) is 66.0 Å². The average Bonchev–Trinajstić information content (AvgIpc) is 3.03. The molecule has 0 spiro atoms. The van der Waals surface area contributed by atoms with Gasteiger partial charge in [-0.3, -0.25) is 0 Å². The molecule has 0 aliphatic carbocycles. The van der Waals surface area contributed by atoms with Gasteiger partial charge in [-0.1, -0.05) is 0 Å². The summed E-state index contributed by atoms with van der Waals surface area (Å²) in [5.74, 6) is 0.428. The monoisotopic (exact) mass is 298 g/mol. The van der Waals surface area contributed by atoms with Gasteiger partial charge in [-0.15, -0.1) is 0 Å². The number of aromatic nitrogens is 3. The quantitative estimate of drug-likeness (QED) is 0.803. The van der Waals surface area contributed by atoms with E-state index in [0.29, 0.717) is 17.1 Å². The van der Waals surface area contributed by atoms with Crippen LogP contribution in [0.1, 0.15) is 18.6 Å². The molecule has 6 heteroatoms. The third-order valence-electron chi connectivity index (χ3n) is 3.28. The summed E-state index contributed by atoms with van der Waals surface area (Å²) in [6.07, 6.45) is 4.63. The van der Waals surface area contributed by atoms with E-state index in [2.05, 4.69) is 10.1 Å². The third kappa shape index (κ3) is 2.76. The van der Waals surface area contributed by atoms with Crippen LogP contribution >= 0.6 is 0 Å². The van der Waals surface area contributed by atoms with E-state index in [0.717, 1.165) is 5.69 Å². The van der Waals surface area contributed by atoms with Crippen molar-refractivity contribution in [3.05, 3.63) is 66.4 Å². The van der Waals surface area contributed by atoms with Crippen LogP contribution in [-0.2, 0) is 0 Å². The van der Waals surface area contributed by atoms with Gasteiger partial charge in [0, 0.05) is 24.2 Å². The number of benzene rings is 1. The maximum atomic E-state index is 13.6. The van der Waals surface area contributed by atoms with E-state index >= 15 is 0 Å². The Kier molecular flexibility index (Phi) is 3.74. The van der Waals surface area contributed by atoms with Crippen molar-refractivity contribution in [1.82, 2.24) is 14.8 Å². The van der Waals surface area contributed by atoms with E-state index in [1.54, 1.807) is 47.5 Å². The van der Waals surface area contributed by atoms with Crippen molar-refractivity contribution in [3.8, 4) is 11.4 Å². The van der Waals surface area contributed by atoms with Crippen LogP contribution in [0, 0.1) is 5.82 Å². The third-order valence-corrected chi connectivity index (χ3v) is 3.28. The lowest BCUT2D eigenvalue weighted by atomic mass is 10.1. The van der Waals surface area contributed by atoms with Crippen LogP contribution in [0.3, 0.4) is 0 Å². The SMILES string of the molecule is CC(Oc1cccnc1N)c1cc(F)ccc1-n1cccn1. The van der Waals surface area contributed by atoms with Crippen LogP contribution in [0.15, 0.2) is 55.0 Å². The van der Waals surface area contributed by atoms with Gasteiger partial charge in [-0.05, 0) is 43.3 Å². The first-order valence-corrected chi connectivity index (χ1v) is 6.82. The van der Waals surface area contributed by atoms with Gasteiger partial charge < -0.3 is 10.5 Å². The molecule has 5 nitrogen and oxygen atoms in total. The highest BCUT2D eigenvalue weighted by Gasteiger charge is 2.16. The Morgan fingerprint density at radius 2 is 2.09 bits per heavy atom. The Morgan fingerprint density at radius 1 is 1.23 bits per heavy atom. The summed E-state index contributed by atoms with van der Waals surface area (Å²) in [7, 11) is 0. The molecule has 112 valence electrons. The summed E-state index contributed by atoms with van der Waals surface area (Å²) in [5, 5.41) is 4.19. The van der Waals surface area contributed by atoms with Crippen molar-refractivity contribution in [2.24, 2.45) is 0 Å². The minimum Gasteiger partial charge on any atom is -0.482 e. The molecular formula is C16H15FN4O. The van der Waals surface area contributed by atoms with Gasteiger partial charge in [0.05, 0.1) is 5.69 Å². The number of nitrogen functional groups attached to an aromatic ring is 1. The molecule has 2 heterocycles. The lowest BCUT2D eigenvalue weighted by Crippen LogP contribution is -2.10. The molecule has 3 aromatic rings. The van der Waals surface area contributed by atoms with Gasteiger partial charge in [0.25, 0.3) is 0 Å². The van der Waals surface area contributed by atoms with E-state index in [1.165, 1.54) is 12.1 Å². The number of hydrogen-bond acceptors (Lipinski definition) is 4. The molecule has 0 bridgehead atoms. The molecule has 1 atom stereocenters. The Morgan fingerprint density at radius 3 is 2.82 bits per heavy atom. The van der Waals surface area contributed by atoms with Gasteiger partial charge in [0.15, 0.2) is 11.6 Å². The highest BCUT2D eigenvalue weighted by molar-refractivity contribution is 5.47. The van der Waals surface area contributed by atoms with Crippen LogP contribution in [-0.4, -0.2) is 14.8 Å². The molecule has 0 fully saturated rings. The minimum absolute atomic E-state index is 0.298. The number of rotatable bonds is 4. The fourth-order valence-electron chi connectivity index (χ4n) is 2.23. The van der Waals surface area contributed by atoms with Crippen molar-refractivity contribution in [1.29, 1.82) is 0 Å². The molecule has 1 unspecified atom stereocenters. The zero-order chi connectivity index (χ0) is 15.5. The molecule has 2 N–H and O–H groups in total. The maximum Gasteiger partial charge on any atom is 0.166 e. The number of nitrogens with two attached hydrogens (primary N) is 1. The summed E-state index contributed by atoms with van der Waals surface area (Å²) in [6, 6.07) is 9.77. The Labute approximate surface area is 127 Å². The summed E-state index contributed by atoms with van der Waals surface area (Å²) in [5.41, 5.74) is 7.21. The van der Waals surface area contributed by atoms with Crippen molar-refractivity contribution in [3.63, 3.8) is 0 Å². The lowest BCUT2D eigenvalue weighted by molar-refractivity contribution is 0.226. The summed E-state index contributed by atoms with van der Waals surface area (Å²) < 4.78 is 21.1. The molecule has 0 saturated carbocycles. The average molecular weight is 298 g/mol. The zero-order valence-corrected chi connectivity index (χ0v) is 12.0. The summed E-state index contributed by atoms with van der Waals surface area (Å²) in [6.45, 7) is 1.83. The number of pyridine rings is 1. The zero-order valence-electron chi connectivity index (χ0n) is 12.0. The van der Waals surface area contributed by atoms with E-state index < -0.39 is 6.10 Å². The first-order valence-electron chi connectivity index (χ1n) is 6.82. The van der Waals surface area contributed by atoms with Crippen LogP contribution in [0.5, 0.6) is 5.75 Å². The van der Waals surface area contributed by atoms with E-state index in [4.69, 9.17) is 10.5 Å². The van der Waals surface area contributed by atoms with Gasteiger partial charge in [-0.25, -0.2) is 14.1 Å². The van der Waals surface area contributed by atoms with Crippen molar-refractivity contribution in [2.45, 2.75) is 13.0 Å². The van der Waals surface area contributed by atoms with Gasteiger partial charge >= 0.3 is 0 Å². The number of anilines is 1. The minimum atomic E-state index is -0.415. The standard InChI is InChI=1S/C16H15FN4O/c1-11(22-15-4-2-7-19-16(15)18)13-10-12(17)5-6-14(13)21-9-3-8-20-21/h2-11H,1H3,(H2,18,19). The van der Waals surface area contributed by atoms with Gasteiger partial charge in [0.2, 0.25) is 0 Å². The second-order valence-corrected chi connectivity index (χ2v) is 4.80. The van der Waals surface area contributed by atoms with Crippen molar-refractivity contribution in [2.75, 3.05) is 5.73 Å². The lowest BCUT2D eigenvalue weighted by Gasteiger charge is -2.19. The molecule has 3 rings (SSSR count).